The van der Waals surface area contributed by atoms with E-state index in [-0.39, 0.29) is 23.3 Å². The third-order valence-electron chi connectivity index (χ3n) is 7.24. The van der Waals surface area contributed by atoms with Crippen molar-refractivity contribution in [3.05, 3.63) is 108 Å². The molecule has 214 valence electrons. The van der Waals surface area contributed by atoms with Crippen molar-refractivity contribution in [3.63, 3.8) is 0 Å². The van der Waals surface area contributed by atoms with Gasteiger partial charge in [0.1, 0.15) is 17.6 Å². The molecule has 0 bridgehead atoms. The summed E-state index contributed by atoms with van der Waals surface area (Å²) in [4.78, 5) is 57.1. The summed E-state index contributed by atoms with van der Waals surface area (Å²) in [7, 11) is 0. The molecule has 0 radical (unpaired) electrons. The maximum Gasteiger partial charge on any atom is 0.338 e. The first kappa shape index (κ1) is 28.4. The Balaban J connectivity index is 1.39. The quantitative estimate of drug-likeness (QED) is 0.189. The molecule has 3 aromatic carbocycles. The second-order valence-corrected chi connectivity index (χ2v) is 13.1. The van der Waals surface area contributed by atoms with Gasteiger partial charge < -0.3 is 14.5 Å². The highest BCUT2D eigenvalue weighted by Crippen LogP contribution is 2.54. The summed E-state index contributed by atoms with van der Waals surface area (Å²) in [5.74, 6) is -2.03. The van der Waals surface area contributed by atoms with E-state index < -0.39 is 23.1 Å². The van der Waals surface area contributed by atoms with Crippen molar-refractivity contribution < 1.29 is 23.9 Å². The van der Waals surface area contributed by atoms with Crippen molar-refractivity contribution in [1.82, 2.24) is 4.98 Å². The maximum absolute atomic E-state index is 14.1. The number of imide groups is 1. The van der Waals surface area contributed by atoms with Gasteiger partial charge in [-0.15, -0.1) is 0 Å². The highest BCUT2D eigenvalue weighted by molar-refractivity contribution is 9.10. The van der Waals surface area contributed by atoms with Gasteiger partial charge in [0, 0.05) is 20.8 Å². The predicted molar refractivity (Wildman–Crippen MR) is 164 cm³/mol. The first-order valence-corrected chi connectivity index (χ1v) is 15.8. The van der Waals surface area contributed by atoms with E-state index in [4.69, 9.17) is 9.47 Å². The lowest BCUT2D eigenvalue weighted by molar-refractivity contribution is -0.122. The number of rotatable bonds is 7. The molecule has 2 aliphatic rings. The SMILES string of the molecule is CCOC(=O)c1ccc(N2C(=O)C3Sc4[nH]c(=O)sc4[C@H](c4cc(Br)ccc4OCc4cccc(C)c4)C3C2=O)cc1. The van der Waals surface area contributed by atoms with Crippen LogP contribution in [0.1, 0.15) is 44.8 Å². The highest BCUT2D eigenvalue weighted by atomic mass is 79.9. The number of benzene rings is 3. The van der Waals surface area contributed by atoms with Crippen LogP contribution in [-0.4, -0.2) is 34.6 Å². The second-order valence-electron chi connectivity index (χ2n) is 9.99. The third kappa shape index (κ3) is 5.21. The number of amides is 2. The number of hydrogen-bond acceptors (Lipinski definition) is 8. The fourth-order valence-electron chi connectivity index (χ4n) is 5.42. The smallest absolute Gasteiger partial charge is 0.338 e. The number of nitrogens with one attached hydrogen (secondary N) is 1. The minimum absolute atomic E-state index is 0.240. The molecule has 0 saturated carbocycles. The molecule has 11 heteroatoms. The Bertz CT molecular complexity index is 1770. The predicted octanol–water partition coefficient (Wildman–Crippen LogP) is 6.06. The molecule has 0 spiro atoms. The number of hydrogen-bond donors (Lipinski definition) is 1. The zero-order chi connectivity index (χ0) is 29.5. The molecule has 1 aromatic heterocycles. The van der Waals surface area contributed by atoms with E-state index in [1.807, 2.05) is 49.4 Å². The number of H-pyrrole nitrogens is 1. The van der Waals surface area contributed by atoms with Gasteiger partial charge >= 0.3 is 10.8 Å². The molecule has 1 N–H and O–H groups in total. The molecule has 8 nitrogen and oxygen atoms in total. The maximum atomic E-state index is 14.1. The zero-order valence-corrected chi connectivity index (χ0v) is 25.8. The molecule has 1 fully saturated rings. The number of anilines is 1. The van der Waals surface area contributed by atoms with Crippen molar-refractivity contribution in [2.75, 3.05) is 11.5 Å². The number of esters is 1. The molecular weight excluding hydrogens is 640 g/mol. The molecule has 3 atom stereocenters. The molecule has 4 aromatic rings. The van der Waals surface area contributed by atoms with Crippen LogP contribution in [-0.2, 0) is 20.9 Å². The lowest BCUT2D eigenvalue weighted by Gasteiger charge is -2.31. The number of ether oxygens (including phenoxy) is 2. The van der Waals surface area contributed by atoms with Crippen LogP contribution in [0.4, 0.5) is 5.69 Å². The average Bonchev–Trinajstić information content (AvgIpc) is 3.46. The van der Waals surface area contributed by atoms with Crippen LogP contribution >= 0.6 is 39.0 Å². The van der Waals surface area contributed by atoms with Gasteiger partial charge in [-0.3, -0.25) is 14.4 Å². The number of halogens is 1. The van der Waals surface area contributed by atoms with Crippen LogP contribution in [0.5, 0.6) is 5.75 Å². The standard InChI is InChI=1S/C31H25BrN2O6S2/c1-3-39-30(37)18-7-10-20(11-8-18)34-28(35)24-23(25-27(33-31(38)42-25)41-26(24)29(34)36)21-14-19(32)9-12-22(21)40-15-17-6-4-5-16(2)13-17/h4-14,23-24,26H,3,15H2,1-2H3,(H,33,38)/t23-,24?,26?/m1/s1. The van der Waals surface area contributed by atoms with Gasteiger partial charge in [-0.2, -0.15) is 0 Å². The molecule has 1 saturated heterocycles. The molecule has 3 heterocycles. The van der Waals surface area contributed by atoms with Gasteiger partial charge in [0.15, 0.2) is 0 Å². The number of carbonyl (C=O) groups is 3. The average molecular weight is 666 g/mol. The minimum atomic E-state index is -0.776. The Morgan fingerprint density at radius 3 is 2.55 bits per heavy atom. The van der Waals surface area contributed by atoms with Crippen molar-refractivity contribution in [2.45, 2.75) is 36.6 Å². The van der Waals surface area contributed by atoms with Gasteiger partial charge in [-0.05, 0) is 61.9 Å². The Hall–Kier alpha value is -3.67. The van der Waals surface area contributed by atoms with Gasteiger partial charge in [0.2, 0.25) is 11.8 Å². The largest absolute Gasteiger partial charge is 0.489 e. The summed E-state index contributed by atoms with van der Waals surface area (Å²) in [5.41, 5.74) is 3.52. The summed E-state index contributed by atoms with van der Waals surface area (Å²) >= 11 is 5.82. The summed E-state index contributed by atoms with van der Waals surface area (Å²) in [6, 6.07) is 19.9. The monoisotopic (exact) mass is 664 g/mol. The van der Waals surface area contributed by atoms with Gasteiger partial charge in [-0.1, -0.05) is 68.9 Å². The van der Waals surface area contributed by atoms with Gasteiger partial charge in [0.05, 0.1) is 28.8 Å². The lowest BCUT2D eigenvalue weighted by atomic mass is 9.82. The van der Waals surface area contributed by atoms with Gasteiger partial charge in [0.25, 0.3) is 0 Å². The van der Waals surface area contributed by atoms with Crippen molar-refractivity contribution >= 4 is 62.5 Å². The number of aromatic amines is 1. The number of thiazole rings is 1. The Morgan fingerprint density at radius 1 is 1.02 bits per heavy atom. The number of aryl methyl sites for hydroxylation is 1. The van der Waals surface area contributed by atoms with Crippen LogP contribution in [0.3, 0.4) is 0 Å². The summed E-state index contributed by atoms with van der Waals surface area (Å²) in [6.07, 6.45) is 0. The van der Waals surface area contributed by atoms with Crippen LogP contribution < -0.4 is 14.5 Å². The van der Waals surface area contributed by atoms with E-state index in [0.717, 1.165) is 26.9 Å². The van der Waals surface area contributed by atoms with Crippen molar-refractivity contribution in [3.8, 4) is 5.75 Å². The third-order valence-corrected chi connectivity index (χ3v) is 10.1. The molecule has 0 aliphatic carbocycles. The topological polar surface area (TPSA) is 106 Å². The van der Waals surface area contributed by atoms with Crippen molar-refractivity contribution in [1.29, 1.82) is 0 Å². The first-order valence-electron chi connectivity index (χ1n) is 13.3. The van der Waals surface area contributed by atoms with Crippen LogP contribution in [0, 0.1) is 12.8 Å². The Labute approximate surface area is 258 Å². The molecule has 2 aliphatic heterocycles. The zero-order valence-electron chi connectivity index (χ0n) is 22.6. The van der Waals surface area contributed by atoms with E-state index in [9.17, 15) is 19.2 Å². The van der Waals surface area contributed by atoms with Crippen LogP contribution in [0.25, 0.3) is 0 Å². The number of nitrogens with zero attached hydrogens (tertiary/aromatic N) is 1. The molecule has 6 rings (SSSR count). The van der Waals surface area contributed by atoms with Crippen LogP contribution in [0.15, 0.2) is 81.0 Å². The lowest BCUT2D eigenvalue weighted by Crippen LogP contribution is -2.32. The molecular formula is C31H25BrN2O6S2. The summed E-state index contributed by atoms with van der Waals surface area (Å²) in [5, 5.41) is -0.171. The Morgan fingerprint density at radius 2 is 1.81 bits per heavy atom. The summed E-state index contributed by atoms with van der Waals surface area (Å²) in [6.45, 7) is 4.29. The minimum Gasteiger partial charge on any atom is -0.489 e. The fraction of sp³-hybridized carbons (Fsp3) is 0.226. The Kier molecular flexibility index (Phi) is 7.82. The number of thioether (sulfide) groups is 1. The van der Waals surface area contributed by atoms with Crippen molar-refractivity contribution in [2.24, 2.45) is 5.92 Å². The summed E-state index contributed by atoms with van der Waals surface area (Å²) < 4.78 is 12.2. The first-order chi connectivity index (χ1) is 20.2. The highest BCUT2D eigenvalue weighted by Gasteiger charge is 2.56. The normalized spacial score (nSPS) is 19.4. The number of fused-ring (bicyclic) bond motifs is 2. The van der Waals surface area contributed by atoms with E-state index in [1.54, 1.807) is 31.2 Å². The number of aromatic nitrogens is 1. The van der Waals surface area contributed by atoms with Gasteiger partial charge in [-0.25, -0.2) is 9.69 Å². The van der Waals surface area contributed by atoms with E-state index in [2.05, 4.69) is 20.9 Å². The fourth-order valence-corrected chi connectivity index (χ4v) is 8.31. The molecule has 2 amide bonds. The molecule has 42 heavy (non-hydrogen) atoms. The van der Waals surface area contributed by atoms with E-state index in [0.29, 0.717) is 39.1 Å². The van der Waals surface area contributed by atoms with Crippen LogP contribution in [0.2, 0.25) is 0 Å². The van der Waals surface area contributed by atoms with E-state index in [1.165, 1.54) is 16.7 Å². The van der Waals surface area contributed by atoms with E-state index >= 15 is 0 Å². The second kappa shape index (κ2) is 11.5. The molecule has 2 unspecified atom stereocenters. The number of carbonyl (C=O) groups excluding carboxylic acids is 3.